The predicted octanol–water partition coefficient (Wildman–Crippen LogP) is 3.95. The lowest BCUT2D eigenvalue weighted by molar-refractivity contribution is -0.137. The number of halogens is 3. The van der Waals surface area contributed by atoms with Crippen LogP contribution in [0.5, 0.6) is 0 Å². The average Bonchev–Trinajstić information content (AvgIpc) is 3.09. The van der Waals surface area contributed by atoms with Gasteiger partial charge >= 0.3 is 6.18 Å². The summed E-state index contributed by atoms with van der Waals surface area (Å²) in [6.45, 7) is 0. The Labute approximate surface area is 137 Å². The minimum absolute atomic E-state index is 0.0185. The van der Waals surface area contributed by atoms with Crippen molar-refractivity contribution in [3.05, 3.63) is 29.8 Å². The zero-order valence-electron chi connectivity index (χ0n) is 12.3. The van der Waals surface area contributed by atoms with Crippen molar-refractivity contribution in [1.29, 1.82) is 0 Å². The van der Waals surface area contributed by atoms with Crippen molar-refractivity contribution >= 4 is 28.9 Å². The van der Waals surface area contributed by atoms with Crippen LogP contribution in [0.25, 0.3) is 0 Å². The molecule has 0 heterocycles. The van der Waals surface area contributed by atoms with Crippen LogP contribution in [0.2, 0.25) is 0 Å². The quantitative estimate of drug-likeness (QED) is 0.800. The molecule has 0 spiro atoms. The molecule has 2 N–H and O–H groups in total. The number of alkyl halides is 3. The summed E-state index contributed by atoms with van der Waals surface area (Å²) in [6.07, 6.45) is -0.141. The Morgan fingerprint density at radius 2 is 2.00 bits per heavy atom. The Hall–Kier alpha value is -1.63. The molecule has 0 radical (unpaired) electrons. The van der Waals surface area contributed by atoms with E-state index in [0.29, 0.717) is 11.8 Å². The van der Waals surface area contributed by atoms with E-state index in [1.165, 1.54) is 18.6 Å². The molecule has 3 atom stereocenters. The first kappa shape index (κ1) is 16.2. The topological polar surface area (TPSA) is 41.1 Å². The van der Waals surface area contributed by atoms with Crippen LogP contribution < -0.4 is 10.6 Å². The predicted molar refractivity (Wildman–Crippen MR) is 84.7 cm³/mol. The Morgan fingerprint density at radius 3 is 2.61 bits per heavy atom. The number of carbonyl (C=O) groups excluding carboxylic acids is 1. The molecule has 0 aliphatic heterocycles. The first-order valence-electron chi connectivity index (χ1n) is 7.62. The number of thiocarbonyl (C=S) groups is 1. The second kappa shape index (κ2) is 6.11. The van der Waals surface area contributed by atoms with Gasteiger partial charge in [0.2, 0.25) is 5.91 Å². The number of hydrogen-bond donors (Lipinski definition) is 2. The average molecular weight is 342 g/mol. The third-order valence-corrected chi connectivity index (χ3v) is 4.96. The Morgan fingerprint density at radius 1 is 1.22 bits per heavy atom. The van der Waals surface area contributed by atoms with Gasteiger partial charge in [-0.1, -0.05) is 12.5 Å². The fourth-order valence-corrected chi connectivity index (χ4v) is 3.92. The van der Waals surface area contributed by atoms with Crippen LogP contribution in [0.3, 0.4) is 0 Å². The molecule has 23 heavy (non-hydrogen) atoms. The third kappa shape index (κ3) is 3.65. The number of rotatable bonds is 2. The number of benzene rings is 1. The summed E-state index contributed by atoms with van der Waals surface area (Å²) in [6, 6.07) is 4.73. The van der Waals surface area contributed by atoms with Crippen molar-refractivity contribution in [3.8, 4) is 0 Å². The normalized spacial score (nSPS) is 26.1. The monoisotopic (exact) mass is 342 g/mol. The first-order chi connectivity index (χ1) is 10.8. The van der Waals surface area contributed by atoms with Crippen molar-refractivity contribution < 1.29 is 18.0 Å². The Bertz CT molecular complexity index is 632. The van der Waals surface area contributed by atoms with E-state index in [2.05, 4.69) is 10.6 Å². The lowest BCUT2D eigenvalue weighted by Gasteiger charge is -2.21. The Balaban J connectivity index is 1.58. The van der Waals surface area contributed by atoms with Gasteiger partial charge in [-0.25, -0.2) is 0 Å². The van der Waals surface area contributed by atoms with E-state index >= 15 is 0 Å². The van der Waals surface area contributed by atoms with Gasteiger partial charge in [0.25, 0.3) is 0 Å². The van der Waals surface area contributed by atoms with Gasteiger partial charge in [0.15, 0.2) is 5.11 Å². The van der Waals surface area contributed by atoms with E-state index in [9.17, 15) is 18.0 Å². The minimum atomic E-state index is -4.41. The third-order valence-electron chi connectivity index (χ3n) is 4.76. The maximum atomic E-state index is 12.7. The molecule has 124 valence electrons. The number of amides is 1. The van der Waals surface area contributed by atoms with Crippen molar-refractivity contribution in [2.75, 3.05) is 5.32 Å². The molecule has 0 aromatic heterocycles. The van der Waals surface area contributed by atoms with Crippen LogP contribution in [0.15, 0.2) is 24.3 Å². The van der Waals surface area contributed by atoms with E-state index < -0.39 is 11.7 Å². The highest BCUT2D eigenvalue weighted by atomic mass is 32.1. The maximum absolute atomic E-state index is 12.7. The Kier molecular flexibility index (Phi) is 4.31. The smallest absolute Gasteiger partial charge is 0.332 e. The summed E-state index contributed by atoms with van der Waals surface area (Å²) in [5.74, 6) is 0.925. The van der Waals surface area contributed by atoms with Crippen LogP contribution in [-0.4, -0.2) is 11.0 Å². The number of fused-ring (bicyclic) bond motifs is 2. The molecule has 3 nitrogen and oxygen atoms in total. The van der Waals surface area contributed by atoms with Gasteiger partial charge in [0.05, 0.1) is 5.56 Å². The lowest BCUT2D eigenvalue weighted by atomic mass is 9.88. The fourth-order valence-electron chi connectivity index (χ4n) is 3.71. The second-order valence-electron chi connectivity index (χ2n) is 6.30. The van der Waals surface area contributed by atoms with Crippen LogP contribution in [0.1, 0.15) is 31.2 Å². The van der Waals surface area contributed by atoms with E-state index in [1.54, 1.807) is 0 Å². The van der Waals surface area contributed by atoms with Gasteiger partial charge in [0.1, 0.15) is 0 Å². The van der Waals surface area contributed by atoms with Crippen LogP contribution in [0.4, 0.5) is 18.9 Å². The van der Waals surface area contributed by atoms with E-state index in [1.807, 2.05) is 0 Å². The summed E-state index contributed by atoms with van der Waals surface area (Å²) >= 11 is 5.05. The number of carbonyl (C=O) groups is 1. The highest BCUT2D eigenvalue weighted by Crippen LogP contribution is 2.48. The van der Waals surface area contributed by atoms with E-state index in [-0.39, 0.29) is 22.6 Å². The number of nitrogens with one attached hydrogen (secondary N) is 2. The molecule has 3 rings (SSSR count). The molecule has 0 unspecified atom stereocenters. The highest BCUT2D eigenvalue weighted by molar-refractivity contribution is 7.80. The van der Waals surface area contributed by atoms with Gasteiger partial charge in [-0.15, -0.1) is 0 Å². The molecule has 2 aliphatic carbocycles. The van der Waals surface area contributed by atoms with Crippen molar-refractivity contribution in [1.82, 2.24) is 5.32 Å². The molecular formula is C16H17F3N2OS. The largest absolute Gasteiger partial charge is 0.416 e. The second-order valence-corrected chi connectivity index (χ2v) is 6.71. The molecule has 2 bridgehead atoms. The minimum Gasteiger partial charge on any atom is -0.332 e. The SMILES string of the molecule is O=C(NC(=S)Nc1cccc(C(F)(F)F)c1)[C@H]1C[C@@H]2CC[C@H]1C2. The molecule has 2 saturated carbocycles. The van der Waals surface area contributed by atoms with Crippen molar-refractivity contribution in [3.63, 3.8) is 0 Å². The van der Waals surface area contributed by atoms with Crippen molar-refractivity contribution in [2.45, 2.75) is 31.9 Å². The van der Waals surface area contributed by atoms with Crippen LogP contribution in [-0.2, 0) is 11.0 Å². The lowest BCUT2D eigenvalue weighted by Crippen LogP contribution is -2.40. The standard InChI is InChI=1S/C16H17F3N2OS/c17-16(18,19)11-2-1-3-12(8-11)20-15(23)21-14(22)13-7-9-4-5-10(13)6-9/h1-3,8-10,13H,4-7H2,(H2,20,21,22,23)/t9-,10+,13+/m1/s1. The zero-order chi connectivity index (χ0) is 16.6. The van der Waals surface area contributed by atoms with Crippen LogP contribution in [0, 0.1) is 17.8 Å². The molecule has 1 amide bonds. The molecule has 0 saturated heterocycles. The van der Waals surface area contributed by atoms with Gasteiger partial charge < -0.3 is 10.6 Å². The maximum Gasteiger partial charge on any atom is 0.416 e. The summed E-state index contributed by atoms with van der Waals surface area (Å²) in [7, 11) is 0. The molecule has 1 aromatic carbocycles. The summed E-state index contributed by atoms with van der Waals surface area (Å²) in [5.41, 5.74) is -0.553. The molecular weight excluding hydrogens is 325 g/mol. The highest BCUT2D eigenvalue weighted by Gasteiger charge is 2.43. The first-order valence-corrected chi connectivity index (χ1v) is 8.03. The van der Waals surface area contributed by atoms with Gasteiger partial charge in [-0.05, 0) is 61.5 Å². The van der Waals surface area contributed by atoms with Gasteiger partial charge in [0, 0.05) is 11.6 Å². The molecule has 2 fully saturated rings. The van der Waals surface area contributed by atoms with Crippen LogP contribution >= 0.6 is 12.2 Å². The van der Waals surface area contributed by atoms with Gasteiger partial charge in [-0.3, -0.25) is 4.79 Å². The molecule has 7 heteroatoms. The summed E-state index contributed by atoms with van der Waals surface area (Å²) in [4.78, 5) is 12.2. The van der Waals surface area contributed by atoms with Gasteiger partial charge in [-0.2, -0.15) is 13.2 Å². The summed E-state index contributed by atoms with van der Waals surface area (Å²) < 4.78 is 38.0. The van der Waals surface area contributed by atoms with Crippen molar-refractivity contribution in [2.24, 2.45) is 17.8 Å². The number of anilines is 1. The summed E-state index contributed by atoms with van der Waals surface area (Å²) in [5, 5.41) is 5.30. The van der Waals surface area contributed by atoms with E-state index in [0.717, 1.165) is 31.4 Å². The fraction of sp³-hybridized carbons (Fsp3) is 0.500. The van der Waals surface area contributed by atoms with E-state index in [4.69, 9.17) is 12.2 Å². The zero-order valence-corrected chi connectivity index (χ0v) is 13.1. The number of hydrogen-bond acceptors (Lipinski definition) is 2. The molecule has 1 aromatic rings. The molecule has 2 aliphatic rings.